The van der Waals surface area contributed by atoms with Gasteiger partial charge in [0.15, 0.2) is 0 Å². The van der Waals surface area contributed by atoms with E-state index < -0.39 is 5.97 Å². The predicted octanol–water partition coefficient (Wildman–Crippen LogP) is 2.81. The lowest BCUT2D eigenvalue weighted by Gasteiger charge is -2.00. The van der Waals surface area contributed by atoms with Crippen molar-refractivity contribution in [2.24, 2.45) is 7.05 Å². The smallest absolute Gasteiger partial charge is 0.303 e. The number of carboxylic acids is 1. The lowest BCUT2D eigenvalue weighted by Crippen LogP contribution is -1.99. The van der Waals surface area contributed by atoms with E-state index in [1.807, 2.05) is 14.0 Å². The average molecular weight is 231 g/mol. The van der Waals surface area contributed by atoms with Gasteiger partial charge in [-0.3, -0.25) is 4.79 Å². The summed E-state index contributed by atoms with van der Waals surface area (Å²) in [5.74, 6) is -0.742. The Kier molecular flexibility index (Phi) is 2.92. The first kappa shape index (κ1) is 11.7. The molecule has 0 aliphatic heterocycles. The summed E-state index contributed by atoms with van der Waals surface area (Å²) in [6.45, 7) is 4.11. The van der Waals surface area contributed by atoms with Crippen molar-refractivity contribution in [3.05, 3.63) is 35.0 Å². The zero-order chi connectivity index (χ0) is 12.6. The molecule has 0 saturated carbocycles. The standard InChI is InChI=1S/C14H17NO2/c1-9-4-6-13-12(8-9)11(5-7-14(16)17)10(2)15(13)3/h4,6,8H,5,7H2,1-3H3,(H,16,17). The summed E-state index contributed by atoms with van der Waals surface area (Å²) in [5.41, 5.74) is 4.70. The maximum absolute atomic E-state index is 10.7. The van der Waals surface area contributed by atoms with Crippen LogP contribution in [0.4, 0.5) is 0 Å². The van der Waals surface area contributed by atoms with Crippen molar-refractivity contribution in [1.29, 1.82) is 0 Å². The molecule has 1 aromatic heterocycles. The zero-order valence-electron chi connectivity index (χ0n) is 10.4. The minimum absolute atomic E-state index is 0.188. The number of hydrogen-bond acceptors (Lipinski definition) is 1. The van der Waals surface area contributed by atoms with Crippen LogP contribution in [0.3, 0.4) is 0 Å². The van der Waals surface area contributed by atoms with Crippen LogP contribution in [0.25, 0.3) is 10.9 Å². The second-order valence-corrected chi connectivity index (χ2v) is 4.54. The first-order chi connectivity index (χ1) is 8.00. The van der Waals surface area contributed by atoms with Crippen LogP contribution in [0.15, 0.2) is 18.2 Å². The predicted molar refractivity (Wildman–Crippen MR) is 68.3 cm³/mol. The van der Waals surface area contributed by atoms with E-state index in [9.17, 15) is 4.79 Å². The first-order valence-electron chi connectivity index (χ1n) is 5.77. The molecule has 0 aliphatic carbocycles. The Bertz CT molecular complexity index is 581. The van der Waals surface area contributed by atoms with Crippen LogP contribution in [0.1, 0.15) is 23.2 Å². The van der Waals surface area contributed by atoms with Gasteiger partial charge < -0.3 is 9.67 Å². The van der Waals surface area contributed by atoms with Gasteiger partial charge in [-0.25, -0.2) is 0 Å². The summed E-state index contributed by atoms with van der Waals surface area (Å²) in [7, 11) is 2.03. The molecule has 0 saturated heterocycles. The van der Waals surface area contributed by atoms with Crippen LogP contribution >= 0.6 is 0 Å². The Morgan fingerprint density at radius 3 is 2.71 bits per heavy atom. The third kappa shape index (κ3) is 2.05. The number of fused-ring (bicyclic) bond motifs is 1. The molecular formula is C14H17NO2. The Hall–Kier alpha value is -1.77. The van der Waals surface area contributed by atoms with Gasteiger partial charge in [0.05, 0.1) is 0 Å². The number of nitrogens with zero attached hydrogens (tertiary/aromatic N) is 1. The molecule has 2 aromatic rings. The summed E-state index contributed by atoms with van der Waals surface area (Å²) in [4.78, 5) is 10.7. The Labute approximate surface area is 101 Å². The summed E-state index contributed by atoms with van der Waals surface area (Å²) in [5, 5.41) is 9.98. The number of carboxylic acid groups (broad SMARTS) is 1. The van der Waals surface area contributed by atoms with Crippen LogP contribution < -0.4 is 0 Å². The molecule has 1 heterocycles. The van der Waals surface area contributed by atoms with Crippen LogP contribution in [-0.4, -0.2) is 15.6 Å². The summed E-state index contributed by atoms with van der Waals surface area (Å²) in [6.07, 6.45) is 0.788. The lowest BCUT2D eigenvalue weighted by molar-refractivity contribution is -0.136. The molecule has 17 heavy (non-hydrogen) atoms. The number of aliphatic carboxylic acids is 1. The second kappa shape index (κ2) is 4.24. The number of hydrogen-bond donors (Lipinski definition) is 1. The molecule has 0 bridgehead atoms. The SMILES string of the molecule is Cc1ccc2c(c1)c(CCC(=O)O)c(C)n2C. The van der Waals surface area contributed by atoms with Gasteiger partial charge in [0.25, 0.3) is 0 Å². The summed E-state index contributed by atoms with van der Waals surface area (Å²) >= 11 is 0. The lowest BCUT2D eigenvalue weighted by atomic mass is 10.0. The molecule has 3 heteroatoms. The average Bonchev–Trinajstić information content (AvgIpc) is 2.49. The van der Waals surface area contributed by atoms with Gasteiger partial charge in [0.2, 0.25) is 0 Å². The maximum atomic E-state index is 10.7. The quantitative estimate of drug-likeness (QED) is 0.882. The molecule has 0 fully saturated rings. The van der Waals surface area contributed by atoms with Crippen molar-refractivity contribution in [3.63, 3.8) is 0 Å². The van der Waals surface area contributed by atoms with Gasteiger partial charge >= 0.3 is 5.97 Å². The van der Waals surface area contributed by atoms with Crippen LogP contribution in [-0.2, 0) is 18.3 Å². The van der Waals surface area contributed by atoms with Gasteiger partial charge in [-0.2, -0.15) is 0 Å². The van der Waals surface area contributed by atoms with E-state index in [0.29, 0.717) is 6.42 Å². The highest BCUT2D eigenvalue weighted by atomic mass is 16.4. The van der Waals surface area contributed by atoms with Gasteiger partial charge in [-0.05, 0) is 38.0 Å². The van der Waals surface area contributed by atoms with Gasteiger partial charge in [0, 0.05) is 30.1 Å². The van der Waals surface area contributed by atoms with Gasteiger partial charge in [0.1, 0.15) is 0 Å². The van der Waals surface area contributed by atoms with Crippen LogP contribution in [0.5, 0.6) is 0 Å². The second-order valence-electron chi connectivity index (χ2n) is 4.54. The molecule has 2 rings (SSSR count). The molecule has 90 valence electrons. The highest BCUT2D eigenvalue weighted by Crippen LogP contribution is 2.26. The van der Waals surface area contributed by atoms with Crippen molar-refractivity contribution in [1.82, 2.24) is 4.57 Å². The van der Waals surface area contributed by atoms with E-state index in [0.717, 1.165) is 11.3 Å². The number of benzene rings is 1. The van der Waals surface area contributed by atoms with Gasteiger partial charge in [-0.1, -0.05) is 11.6 Å². The molecule has 1 aromatic carbocycles. The molecule has 0 unspecified atom stereocenters. The third-order valence-electron chi connectivity index (χ3n) is 3.37. The van der Waals surface area contributed by atoms with E-state index in [1.165, 1.54) is 16.5 Å². The van der Waals surface area contributed by atoms with E-state index in [-0.39, 0.29) is 6.42 Å². The monoisotopic (exact) mass is 231 g/mol. The maximum Gasteiger partial charge on any atom is 0.303 e. The fraction of sp³-hybridized carbons (Fsp3) is 0.357. The number of aromatic nitrogens is 1. The zero-order valence-corrected chi connectivity index (χ0v) is 10.4. The minimum Gasteiger partial charge on any atom is -0.481 e. The van der Waals surface area contributed by atoms with Crippen molar-refractivity contribution >= 4 is 16.9 Å². The Morgan fingerprint density at radius 1 is 1.35 bits per heavy atom. The van der Waals surface area contributed by atoms with Crippen molar-refractivity contribution in [2.75, 3.05) is 0 Å². The van der Waals surface area contributed by atoms with Crippen LogP contribution in [0.2, 0.25) is 0 Å². The highest BCUT2D eigenvalue weighted by Gasteiger charge is 2.12. The number of rotatable bonds is 3. The Morgan fingerprint density at radius 2 is 2.06 bits per heavy atom. The fourth-order valence-electron chi connectivity index (χ4n) is 2.31. The summed E-state index contributed by atoms with van der Waals surface area (Å²) in [6, 6.07) is 6.32. The first-order valence-corrected chi connectivity index (χ1v) is 5.77. The van der Waals surface area contributed by atoms with E-state index in [2.05, 4.69) is 29.7 Å². The highest BCUT2D eigenvalue weighted by molar-refractivity contribution is 5.86. The molecular weight excluding hydrogens is 214 g/mol. The molecule has 0 radical (unpaired) electrons. The normalized spacial score (nSPS) is 11.0. The van der Waals surface area contributed by atoms with E-state index in [4.69, 9.17) is 5.11 Å². The molecule has 0 aliphatic rings. The number of carbonyl (C=O) groups is 1. The molecule has 3 nitrogen and oxygen atoms in total. The molecule has 1 N–H and O–H groups in total. The van der Waals surface area contributed by atoms with Crippen molar-refractivity contribution < 1.29 is 9.90 Å². The van der Waals surface area contributed by atoms with E-state index in [1.54, 1.807) is 0 Å². The molecule has 0 spiro atoms. The molecule has 0 amide bonds. The van der Waals surface area contributed by atoms with Gasteiger partial charge in [-0.15, -0.1) is 0 Å². The topological polar surface area (TPSA) is 42.2 Å². The fourth-order valence-corrected chi connectivity index (χ4v) is 2.31. The minimum atomic E-state index is -0.742. The van der Waals surface area contributed by atoms with Crippen molar-refractivity contribution in [2.45, 2.75) is 26.7 Å². The van der Waals surface area contributed by atoms with E-state index >= 15 is 0 Å². The molecule has 0 atom stereocenters. The Balaban J connectivity index is 2.56. The van der Waals surface area contributed by atoms with Crippen molar-refractivity contribution in [3.8, 4) is 0 Å². The third-order valence-corrected chi connectivity index (χ3v) is 3.37. The number of aryl methyl sites for hydroxylation is 3. The summed E-state index contributed by atoms with van der Waals surface area (Å²) < 4.78 is 2.13. The van der Waals surface area contributed by atoms with Crippen LogP contribution in [0, 0.1) is 13.8 Å². The largest absolute Gasteiger partial charge is 0.481 e.